The van der Waals surface area contributed by atoms with Crippen LogP contribution in [0.4, 0.5) is 0 Å². The van der Waals surface area contributed by atoms with Gasteiger partial charge in [0.05, 0.1) is 5.56 Å². The number of unbranched alkanes of at least 4 members (excludes halogenated alkanes) is 2. The summed E-state index contributed by atoms with van der Waals surface area (Å²) in [6.45, 7) is 5.60. The maximum atomic E-state index is 11.6. The van der Waals surface area contributed by atoms with E-state index in [-0.39, 0.29) is 5.78 Å². The van der Waals surface area contributed by atoms with Gasteiger partial charge < -0.3 is 4.42 Å². The van der Waals surface area contributed by atoms with Crippen LogP contribution in [-0.4, -0.2) is 5.78 Å². The molecule has 0 spiro atoms. The molecule has 2 aromatic heterocycles. The summed E-state index contributed by atoms with van der Waals surface area (Å²) in [7, 11) is 0. The number of hydrogen-bond acceptors (Lipinski definition) is 3. The van der Waals surface area contributed by atoms with Crippen molar-refractivity contribution < 1.29 is 9.21 Å². The summed E-state index contributed by atoms with van der Waals surface area (Å²) in [6.07, 6.45) is 6.37. The molecule has 0 N–H and O–H groups in total. The van der Waals surface area contributed by atoms with Crippen molar-refractivity contribution in [1.82, 2.24) is 0 Å². The molecule has 2 nitrogen and oxygen atoms in total. The zero-order chi connectivity index (χ0) is 15.9. The van der Waals surface area contributed by atoms with Crippen LogP contribution in [0, 0.1) is 6.92 Å². The highest BCUT2D eigenvalue weighted by Gasteiger charge is 2.14. The number of hydrogen-bond donors (Lipinski definition) is 0. The predicted octanol–water partition coefficient (Wildman–Crippen LogP) is 6.13. The molecular weight excluding hydrogens is 292 g/mol. The topological polar surface area (TPSA) is 30.2 Å². The molecule has 0 aromatic carbocycles. The van der Waals surface area contributed by atoms with Crippen molar-refractivity contribution in [3.8, 4) is 0 Å². The van der Waals surface area contributed by atoms with Gasteiger partial charge in [-0.25, -0.2) is 0 Å². The molecule has 116 valence electrons. The van der Waals surface area contributed by atoms with Crippen LogP contribution >= 0.6 is 11.3 Å². The molecule has 0 amide bonds. The van der Waals surface area contributed by atoms with Crippen LogP contribution < -0.4 is 0 Å². The molecule has 0 saturated carbocycles. The number of aryl methyl sites for hydroxylation is 1. The van der Waals surface area contributed by atoms with E-state index in [4.69, 9.17) is 4.42 Å². The molecule has 2 heterocycles. The van der Waals surface area contributed by atoms with Crippen LogP contribution in [0.1, 0.15) is 67.0 Å². The molecule has 3 heteroatoms. The summed E-state index contributed by atoms with van der Waals surface area (Å²) in [5, 5.41) is 4.14. The lowest BCUT2D eigenvalue weighted by molar-refractivity contribution is 0.101. The fourth-order valence-electron chi connectivity index (χ4n) is 2.33. The van der Waals surface area contributed by atoms with Gasteiger partial charge in [0.15, 0.2) is 5.78 Å². The van der Waals surface area contributed by atoms with Crippen molar-refractivity contribution in [1.29, 1.82) is 0 Å². The number of carbonyl (C=O) groups excluding carboxylic acids is 1. The second-order valence-corrected chi connectivity index (χ2v) is 6.20. The molecule has 0 bridgehead atoms. The minimum Gasteiger partial charge on any atom is -0.460 e. The zero-order valence-corrected chi connectivity index (χ0v) is 14.3. The van der Waals surface area contributed by atoms with Gasteiger partial charge in [0, 0.05) is 5.57 Å². The smallest absolute Gasteiger partial charge is 0.163 e. The Morgan fingerprint density at radius 3 is 2.82 bits per heavy atom. The summed E-state index contributed by atoms with van der Waals surface area (Å²) >= 11 is 1.67. The zero-order valence-electron chi connectivity index (χ0n) is 13.4. The molecule has 0 atom stereocenters. The van der Waals surface area contributed by atoms with E-state index in [2.05, 4.69) is 29.5 Å². The van der Waals surface area contributed by atoms with E-state index in [0.29, 0.717) is 11.3 Å². The molecular formula is C19H22O2S. The standard InChI is InChI=1S/C19H22O2S/c1-4-5-6-7-17(9-8-16-10-11-22-13-16)19-12-18(14(2)20)15(3)21-19/h8,10-13H,4-7H2,1-3H3. The monoisotopic (exact) mass is 314 g/mol. The minimum atomic E-state index is 0.0437. The van der Waals surface area contributed by atoms with Gasteiger partial charge in [0.25, 0.3) is 0 Å². The highest BCUT2D eigenvalue weighted by Crippen LogP contribution is 2.26. The van der Waals surface area contributed by atoms with Crippen LogP contribution in [0.15, 0.2) is 33.0 Å². The van der Waals surface area contributed by atoms with E-state index in [1.165, 1.54) is 12.8 Å². The molecule has 0 aliphatic rings. The van der Waals surface area contributed by atoms with Gasteiger partial charge in [0.1, 0.15) is 11.5 Å². The van der Waals surface area contributed by atoms with Crippen LogP contribution in [0.25, 0.3) is 11.6 Å². The Morgan fingerprint density at radius 2 is 2.23 bits per heavy atom. The Kier molecular flexibility index (Phi) is 6.00. The van der Waals surface area contributed by atoms with Gasteiger partial charge in [-0.2, -0.15) is 11.3 Å². The van der Waals surface area contributed by atoms with Crippen molar-refractivity contribution in [3.05, 3.63) is 51.3 Å². The molecule has 0 aliphatic heterocycles. The third-order valence-electron chi connectivity index (χ3n) is 3.58. The number of carbonyl (C=O) groups is 1. The molecule has 2 rings (SSSR count). The highest BCUT2D eigenvalue weighted by atomic mass is 32.1. The quantitative estimate of drug-likeness (QED) is 0.349. The Bertz CT molecular complexity index is 683. The summed E-state index contributed by atoms with van der Waals surface area (Å²) in [6, 6.07) is 3.92. The van der Waals surface area contributed by atoms with Crippen LogP contribution in [0.5, 0.6) is 0 Å². The number of ketones is 1. The molecule has 0 aliphatic carbocycles. The summed E-state index contributed by atoms with van der Waals surface area (Å²) < 4.78 is 5.80. The largest absolute Gasteiger partial charge is 0.460 e. The van der Waals surface area contributed by atoms with Gasteiger partial charge in [-0.15, -0.1) is 5.73 Å². The lowest BCUT2D eigenvalue weighted by Crippen LogP contribution is -1.90. The van der Waals surface area contributed by atoms with Crippen LogP contribution in [0.3, 0.4) is 0 Å². The van der Waals surface area contributed by atoms with Crippen molar-refractivity contribution in [3.63, 3.8) is 0 Å². The maximum Gasteiger partial charge on any atom is 0.163 e. The Hall–Kier alpha value is -1.83. The number of Topliss-reactive ketones (excluding diaryl/α,β-unsaturated/α-hetero) is 1. The van der Waals surface area contributed by atoms with E-state index in [0.717, 1.165) is 29.7 Å². The van der Waals surface area contributed by atoms with Gasteiger partial charge in [-0.05, 0) is 61.2 Å². The highest BCUT2D eigenvalue weighted by molar-refractivity contribution is 7.08. The summed E-state index contributed by atoms with van der Waals surface area (Å²) in [4.78, 5) is 11.6. The van der Waals surface area contributed by atoms with E-state index in [9.17, 15) is 4.79 Å². The first kappa shape index (κ1) is 16.5. The van der Waals surface area contributed by atoms with Gasteiger partial charge >= 0.3 is 0 Å². The first-order valence-corrected chi connectivity index (χ1v) is 8.65. The van der Waals surface area contributed by atoms with E-state index >= 15 is 0 Å². The SMILES string of the molecule is CCCCCC(=C=Cc1ccsc1)c1cc(C(C)=O)c(C)o1. The first-order chi connectivity index (χ1) is 10.6. The number of allylic oxidation sites excluding steroid dienone is 1. The van der Waals surface area contributed by atoms with E-state index < -0.39 is 0 Å². The fraction of sp³-hybridized carbons (Fsp3) is 0.368. The van der Waals surface area contributed by atoms with Crippen molar-refractivity contribution in [2.45, 2.75) is 46.5 Å². The van der Waals surface area contributed by atoms with Gasteiger partial charge in [-0.1, -0.05) is 19.8 Å². The average Bonchev–Trinajstić information content (AvgIpc) is 3.12. The minimum absolute atomic E-state index is 0.0437. The Labute approximate surface area is 136 Å². The third kappa shape index (κ3) is 4.33. The second-order valence-electron chi connectivity index (χ2n) is 5.42. The maximum absolute atomic E-state index is 11.6. The lowest BCUT2D eigenvalue weighted by Gasteiger charge is -2.01. The Morgan fingerprint density at radius 1 is 1.41 bits per heavy atom. The van der Waals surface area contributed by atoms with Crippen molar-refractivity contribution in [2.75, 3.05) is 0 Å². The van der Waals surface area contributed by atoms with Crippen molar-refractivity contribution in [2.24, 2.45) is 0 Å². The molecule has 22 heavy (non-hydrogen) atoms. The molecule has 2 aromatic rings. The first-order valence-electron chi connectivity index (χ1n) is 7.71. The molecule has 0 radical (unpaired) electrons. The van der Waals surface area contributed by atoms with Crippen LogP contribution in [0.2, 0.25) is 0 Å². The number of thiophene rings is 1. The summed E-state index contributed by atoms with van der Waals surface area (Å²) in [5.41, 5.74) is 6.22. The predicted molar refractivity (Wildman–Crippen MR) is 93.3 cm³/mol. The van der Waals surface area contributed by atoms with Crippen LogP contribution in [-0.2, 0) is 0 Å². The van der Waals surface area contributed by atoms with Gasteiger partial charge in [0.2, 0.25) is 0 Å². The third-order valence-corrected chi connectivity index (χ3v) is 4.28. The van der Waals surface area contributed by atoms with Gasteiger partial charge in [-0.3, -0.25) is 4.79 Å². The normalized spacial score (nSPS) is 10.3. The van der Waals surface area contributed by atoms with E-state index in [1.54, 1.807) is 18.3 Å². The van der Waals surface area contributed by atoms with E-state index in [1.807, 2.05) is 19.1 Å². The number of rotatable bonds is 7. The Balaban J connectivity index is 2.33. The van der Waals surface area contributed by atoms with Crippen molar-refractivity contribution >= 4 is 28.8 Å². The molecule has 0 unspecified atom stereocenters. The number of furan rings is 1. The molecule has 0 fully saturated rings. The average molecular weight is 314 g/mol. The second kappa shape index (κ2) is 7.98. The lowest BCUT2D eigenvalue weighted by atomic mass is 10.0. The molecule has 0 saturated heterocycles. The fourth-order valence-corrected chi connectivity index (χ4v) is 2.94. The summed E-state index contributed by atoms with van der Waals surface area (Å²) in [5.74, 6) is 1.50.